The molecule has 0 saturated carbocycles. The first-order valence-electron chi connectivity index (χ1n) is 2.83. The first-order valence-corrected chi connectivity index (χ1v) is 2.83. The number of ether oxygens (including phenoxy) is 3. The summed E-state index contributed by atoms with van der Waals surface area (Å²) in [7, 11) is 1.42. The minimum absolute atomic E-state index is 0.0899. The first kappa shape index (κ1) is 10.7. The molecule has 0 aromatic heterocycles. The molecule has 0 aliphatic carbocycles. The first-order chi connectivity index (χ1) is 5.06. The minimum Gasteiger partial charge on any atom is -0.382 e. The monoisotopic (exact) mass is 174 g/mol. The van der Waals surface area contributed by atoms with E-state index in [0.717, 1.165) is 0 Å². The van der Waals surface area contributed by atoms with Crippen LogP contribution in [0.4, 0.5) is 13.2 Å². The van der Waals surface area contributed by atoms with Gasteiger partial charge in [0, 0.05) is 7.11 Å². The quantitative estimate of drug-likeness (QED) is 0.462. The molecule has 0 radical (unpaired) electrons. The van der Waals surface area contributed by atoms with Gasteiger partial charge in [0.25, 0.3) is 0 Å². The fraction of sp³-hybridized carbons (Fsp3) is 1.00. The highest BCUT2D eigenvalue weighted by Gasteiger charge is 2.28. The van der Waals surface area contributed by atoms with E-state index in [1.807, 2.05) is 0 Å². The molecule has 0 N–H and O–H groups in total. The summed E-state index contributed by atoms with van der Waals surface area (Å²) >= 11 is 0. The van der Waals surface area contributed by atoms with E-state index >= 15 is 0 Å². The van der Waals surface area contributed by atoms with Crippen molar-refractivity contribution in [3.63, 3.8) is 0 Å². The number of methoxy groups -OCH3 is 1. The van der Waals surface area contributed by atoms with Gasteiger partial charge in [-0.05, 0) is 0 Å². The molecule has 0 fully saturated rings. The van der Waals surface area contributed by atoms with Crippen molar-refractivity contribution in [3.8, 4) is 0 Å². The van der Waals surface area contributed by atoms with Gasteiger partial charge in [0.05, 0.1) is 13.2 Å². The van der Waals surface area contributed by atoms with Gasteiger partial charge in [-0.15, -0.1) is 13.2 Å². The highest BCUT2D eigenvalue weighted by atomic mass is 19.4. The number of halogens is 3. The Hall–Kier alpha value is -0.330. The summed E-state index contributed by atoms with van der Waals surface area (Å²) in [6, 6.07) is 0. The van der Waals surface area contributed by atoms with E-state index in [1.165, 1.54) is 7.11 Å². The number of alkyl halides is 3. The van der Waals surface area contributed by atoms with Crippen molar-refractivity contribution in [2.24, 2.45) is 0 Å². The summed E-state index contributed by atoms with van der Waals surface area (Å²) in [6.07, 6.45) is -4.62. The van der Waals surface area contributed by atoms with Crippen LogP contribution >= 0.6 is 0 Å². The molecule has 0 rings (SSSR count). The average molecular weight is 174 g/mol. The Labute approximate surface area is 62.0 Å². The van der Waals surface area contributed by atoms with E-state index in [4.69, 9.17) is 0 Å². The van der Waals surface area contributed by atoms with Gasteiger partial charge in [-0.1, -0.05) is 0 Å². The lowest BCUT2D eigenvalue weighted by atomic mass is 10.8. The van der Waals surface area contributed by atoms with Crippen LogP contribution in [0.2, 0.25) is 0 Å². The highest BCUT2D eigenvalue weighted by Crippen LogP contribution is 2.15. The molecule has 0 spiro atoms. The molecule has 0 aliphatic rings. The van der Waals surface area contributed by atoms with Gasteiger partial charge in [0.15, 0.2) is 6.79 Å². The summed E-state index contributed by atoms with van der Waals surface area (Å²) in [5, 5.41) is 0. The lowest BCUT2D eigenvalue weighted by molar-refractivity contribution is -0.350. The van der Waals surface area contributed by atoms with Crippen LogP contribution in [0.3, 0.4) is 0 Å². The topological polar surface area (TPSA) is 27.7 Å². The van der Waals surface area contributed by atoms with E-state index in [-0.39, 0.29) is 13.2 Å². The lowest BCUT2D eigenvalue weighted by Crippen LogP contribution is -2.16. The Bertz CT molecular complexity index is 93.5. The zero-order valence-electron chi connectivity index (χ0n) is 5.98. The zero-order valence-corrected chi connectivity index (χ0v) is 5.98. The van der Waals surface area contributed by atoms with Crippen molar-refractivity contribution in [1.29, 1.82) is 0 Å². The van der Waals surface area contributed by atoms with Gasteiger partial charge < -0.3 is 9.47 Å². The second kappa shape index (κ2) is 5.34. The molecule has 0 atom stereocenters. The van der Waals surface area contributed by atoms with E-state index in [1.54, 1.807) is 0 Å². The summed E-state index contributed by atoms with van der Waals surface area (Å²) < 4.78 is 45.9. The fourth-order valence-electron chi connectivity index (χ4n) is 0.310. The lowest BCUT2D eigenvalue weighted by Gasteiger charge is -2.06. The van der Waals surface area contributed by atoms with Crippen LogP contribution in [-0.2, 0) is 14.2 Å². The molecule has 11 heavy (non-hydrogen) atoms. The van der Waals surface area contributed by atoms with Gasteiger partial charge >= 0.3 is 6.36 Å². The molecule has 68 valence electrons. The molecule has 0 amide bonds. The van der Waals surface area contributed by atoms with Gasteiger partial charge in [-0.25, -0.2) is 0 Å². The van der Waals surface area contributed by atoms with Gasteiger partial charge in [-0.3, -0.25) is 4.74 Å². The van der Waals surface area contributed by atoms with E-state index in [9.17, 15) is 13.2 Å². The Balaban J connectivity index is 3.02. The van der Waals surface area contributed by atoms with Crippen molar-refractivity contribution in [1.82, 2.24) is 0 Å². The third-order valence-electron chi connectivity index (χ3n) is 0.738. The van der Waals surface area contributed by atoms with Crippen molar-refractivity contribution >= 4 is 0 Å². The van der Waals surface area contributed by atoms with Gasteiger partial charge in [0.2, 0.25) is 0 Å². The van der Waals surface area contributed by atoms with Crippen LogP contribution in [0.15, 0.2) is 0 Å². The standard InChI is InChI=1S/C5H9F3O3/c1-9-2-3-10-4-11-5(6,7)8/h2-4H2,1H3. The third kappa shape index (κ3) is 9.67. The minimum atomic E-state index is -4.62. The molecule has 0 heterocycles. The maximum Gasteiger partial charge on any atom is 0.524 e. The van der Waals surface area contributed by atoms with Crippen LogP contribution < -0.4 is 0 Å². The second-order valence-electron chi connectivity index (χ2n) is 1.61. The molecule has 0 aromatic carbocycles. The second-order valence-corrected chi connectivity index (χ2v) is 1.61. The summed E-state index contributed by atoms with van der Waals surface area (Å²) in [4.78, 5) is 0. The molecule has 0 aliphatic heterocycles. The van der Waals surface area contributed by atoms with Gasteiger partial charge in [-0.2, -0.15) is 0 Å². The highest BCUT2D eigenvalue weighted by molar-refractivity contribution is 4.24. The fourth-order valence-corrected chi connectivity index (χ4v) is 0.310. The Morgan fingerprint density at radius 2 is 1.82 bits per heavy atom. The predicted octanol–water partition coefficient (Wildman–Crippen LogP) is 1.14. The van der Waals surface area contributed by atoms with Crippen molar-refractivity contribution in [2.45, 2.75) is 6.36 Å². The van der Waals surface area contributed by atoms with Crippen LogP contribution in [-0.4, -0.2) is 33.5 Å². The molecule has 3 nitrogen and oxygen atoms in total. The zero-order chi connectivity index (χ0) is 8.74. The van der Waals surface area contributed by atoms with Crippen molar-refractivity contribution < 1.29 is 27.4 Å². The number of hydrogen-bond donors (Lipinski definition) is 0. The van der Waals surface area contributed by atoms with E-state index in [0.29, 0.717) is 0 Å². The van der Waals surface area contributed by atoms with Crippen molar-refractivity contribution in [3.05, 3.63) is 0 Å². The average Bonchev–Trinajstić information content (AvgIpc) is 1.85. The maximum absolute atomic E-state index is 11.2. The number of hydrogen-bond acceptors (Lipinski definition) is 3. The smallest absolute Gasteiger partial charge is 0.382 e. The van der Waals surface area contributed by atoms with Crippen LogP contribution in [0, 0.1) is 0 Å². The maximum atomic E-state index is 11.2. The third-order valence-corrected chi connectivity index (χ3v) is 0.738. The molecule has 0 bridgehead atoms. The normalized spacial score (nSPS) is 12.0. The summed E-state index contributed by atoms with van der Waals surface area (Å²) in [6.45, 7) is -0.444. The Morgan fingerprint density at radius 1 is 1.18 bits per heavy atom. The molecule has 6 heteroatoms. The predicted molar refractivity (Wildman–Crippen MR) is 29.8 cm³/mol. The molecule has 0 aromatic rings. The van der Waals surface area contributed by atoms with Crippen LogP contribution in [0.25, 0.3) is 0 Å². The molecule has 0 saturated heterocycles. The Kier molecular flexibility index (Phi) is 5.18. The van der Waals surface area contributed by atoms with E-state index < -0.39 is 13.2 Å². The van der Waals surface area contributed by atoms with Crippen molar-refractivity contribution in [2.75, 3.05) is 27.1 Å². The summed E-state index contributed by atoms with van der Waals surface area (Å²) in [5.41, 5.74) is 0. The molecular weight excluding hydrogens is 165 g/mol. The SMILES string of the molecule is COCCOCOC(F)(F)F. The van der Waals surface area contributed by atoms with Gasteiger partial charge in [0.1, 0.15) is 0 Å². The molecule has 0 unspecified atom stereocenters. The van der Waals surface area contributed by atoms with Crippen LogP contribution in [0.5, 0.6) is 0 Å². The largest absolute Gasteiger partial charge is 0.524 e. The number of rotatable bonds is 5. The molecular formula is C5H9F3O3. The summed E-state index contributed by atoms with van der Waals surface area (Å²) in [5.74, 6) is 0. The van der Waals surface area contributed by atoms with Crippen LogP contribution in [0.1, 0.15) is 0 Å². The Morgan fingerprint density at radius 3 is 2.27 bits per heavy atom. The van der Waals surface area contributed by atoms with E-state index in [2.05, 4.69) is 14.2 Å².